The van der Waals surface area contributed by atoms with Crippen LogP contribution in [0.4, 0.5) is 5.82 Å². The van der Waals surface area contributed by atoms with Gasteiger partial charge in [0.05, 0.1) is 6.54 Å². The molecule has 8 heteroatoms. The predicted octanol–water partition coefficient (Wildman–Crippen LogP) is 0.343. The van der Waals surface area contributed by atoms with Crippen molar-refractivity contribution in [2.75, 3.05) is 11.4 Å². The van der Waals surface area contributed by atoms with Crippen molar-refractivity contribution < 1.29 is 9.59 Å². The molecular formula is C11H10BrN5O2. The van der Waals surface area contributed by atoms with Crippen LogP contribution in [0.25, 0.3) is 5.65 Å². The Morgan fingerprint density at radius 1 is 1.47 bits per heavy atom. The normalized spacial score (nSPS) is 19.9. The molecule has 7 nitrogen and oxygen atoms in total. The summed E-state index contributed by atoms with van der Waals surface area (Å²) in [7, 11) is 0. The van der Waals surface area contributed by atoms with Gasteiger partial charge in [-0.1, -0.05) is 0 Å². The SMILES string of the molecule is CC1C(=O)NC(=O)CN1c1nc(Br)cn2ccnc12. The molecule has 2 aromatic heterocycles. The standard InChI is InChI=1S/C11H10BrN5O2/c1-6-11(19)15-8(18)5-17(6)10-9-13-2-3-16(9)4-7(12)14-10/h2-4,6H,5H2,1H3,(H,15,18,19). The van der Waals surface area contributed by atoms with Crippen molar-refractivity contribution in [1.29, 1.82) is 0 Å². The molecule has 1 unspecified atom stereocenters. The van der Waals surface area contributed by atoms with E-state index < -0.39 is 6.04 Å². The first kappa shape index (κ1) is 12.1. The number of rotatable bonds is 1. The minimum atomic E-state index is -0.472. The van der Waals surface area contributed by atoms with Gasteiger partial charge >= 0.3 is 0 Å². The van der Waals surface area contributed by atoms with Crippen molar-refractivity contribution in [2.45, 2.75) is 13.0 Å². The van der Waals surface area contributed by atoms with Crippen molar-refractivity contribution in [2.24, 2.45) is 0 Å². The number of imidazole rings is 1. The van der Waals surface area contributed by atoms with Crippen LogP contribution in [-0.2, 0) is 9.59 Å². The highest BCUT2D eigenvalue weighted by atomic mass is 79.9. The maximum atomic E-state index is 11.7. The maximum Gasteiger partial charge on any atom is 0.249 e. The Morgan fingerprint density at radius 2 is 2.26 bits per heavy atom. The number of anilines is 1. The summed E-state index contributed by atoms with van der Waals surface area (Å²) in [6.07, 6.45) is 5.19. The molecule has 98 valence electrons. The largest absolute Gasteiger partial charge is 0.332 e. The van der Waals surface area contributed by atoms with Crippen molar-refractivity contribution in [3.05, 3.63) is 23.2 Å². The van der Waals surface area contributed by atoms with Gasteiger partial charge in [0.15, 0.2) is 11.5 Å². The summed E-state index contributed by atoms with van der Waals surface area (Å²) in [5, 5.41) is 2.30. The summed E-state index contributed by atoms with van der Waals surface area (Å²) in [5.41, 5.74) is 0.609. The van der Waals surface area contributed by atoms with E-state index in [4.69, 9.17) is 0 Å². The molecule has 0 aromatic carbocycles. The molecule has 1 aliphatic rings. The van der Waals surface area contributed by atoms with E-state index in [1.165, 1.54) is 0 Å². The average Bonchev–Trinajstić information content (AvgIpc) is 2.80. The van der Waals surface area contributed by atoms with Gasteiger partial charge in [-0.2, -0.15) is 0 Å². The number of piperazine rings is 1. The third kappa shape index (κ3) is 1.97. The molecule has 0 saturated carbocycles. The molecule has 2 aromatic rings. The van der Waals surface area contributed by atoms with Gasteiger partial charge in [-0.05, 0) is 22.9 Å². The fraction of sp³-hybridized carbons (Fsp3) is 0.273. The summed E-state index contributed by atoms with van der Waals surface area (Å²) in [4.78, 5) is 33.4. The lowest BCUT2D eigenvalue weighted by Gasteiger charge is -2.32. The van der Waals surface area contributed by atoms with E-state index in [0.29, 0.717) is 16.1 Å². The monoisotopic (exact) mass is 323 g/mol. The average molecular weight is 324 g/mol. The Balaban J connectivity index is 2.14. The van der Waals surface area contributed by atoms with E-state index in [9.17, 15) is 9.59 Å². The lowest BCUT2D eigenvalue weighted by Crippen LogP contribution is -2.57. The molecule has 0 bridgehead atoms. The number of halogens is 1. The highest BCUT2D eigenvalue weighted by Crippen LogP contribution is 2.23. The zero-order valence-corrected chi connectivity index (χ0v) is 11.6. The molecule has 1 aliphatic heterocycles. The smallest absolute Gasteiger partial charge is 0.249 e. The Bertz CT molecular complexity index is 683. The molecule has 0 aliphatic carbocycles. The zero-order chi connectivity index (χ0) is 13.6. The number of carbonyl (C=O) groups excluding carboxylic acids is 2. The van der Waals surface area contributed by atoms with Crippen LogP contribution in [0.3, 0.4) is 0 Å². The van der Waals surface area contributed by atoms with E-state index in [2.05, 4.69) is 31.2 Å². The summed E-state index contributed by atoms with van der Waals surface area (Å²) in [5.74, 6) is -0.160. The van der Waals surface area contributed by atoms with Crippen LogP contribution in [0, 0.1) is 0 Å². The van der Waals surface area contributed by atoms with Crippen LogP contribution in [0.15, 0.2) is 23.2 Å². The molecule has 1 N–H and O–H groups in total. The van der Waals surface area contributed by atoms with Gasteiger partial charge in [-0.25, -0.2) is 9.97 Å². The second-order valence-corrected chi connectivity index (χ2v) is 5.07. The summed E-state index contributed by atoms with van der Waals surface area (Å²) in [6.45, 7) is 1.81. The Kier molecular flexibility index (Phi) is 2.74. The van der Waals surface area contributed by atoms with Crippen molar-refractivity contribution >= 4 is 39.2 Å². The van der Waals surface area contributed by atoms with E-state index in [-0.39, 0.29) is 18.4 Å². The van der Waals surface area contributed by atoms with Gasteiger partial charge < -0.3 is 9.30 Å². The second kappa shape index (κ2) is 4.30. The quantitative estimate of drug-likeness (QED) is 0.766. The van der Waals surface area contributed by atoms with Gasteiger partial charge in [0, 0.05) is 18.6 Å². The number of nitrogens with one attached hydrogen (secondary N) is 1. The molecule has 3 heterocycles. The van der Waals surface area contributed by atoms with Crippen molar-refractivity contribution in [1.82, 2.24) is 19.7 Å². The fourth-order valence-corrected chi connectivity index (χ4v) is 2.44. The van der Waals surface area contributed by atoms with Crippen LogP contribution in [0.5, 0.6) is 0 Å². The summed E-state index contributed by atoms with van der Waals surface area (Å²) in [6, 6.07) is -0.472. The highest BCUT2D eigenvalue weighted by Gasteiger charge is 2.32. The maximum absolute atomic E-state index is 11.7. The van der Waals surface area contributed by atoms with Crippen LogP contribution in [0.1, 0.15) is 6.92 Å². The fourth-order valence-electron chi connectivity index (χ4n) is 2.05. The summed E-state index contributed by atoms with van der Waals surface area (Å²) < 4.78 is 2.40. The van der Waals surface area contributed by atoms with Crippen LogP contribution < -0.4 is 10.2 Å². The molecule has 1 fully saturated rings. The molecule has 0 radical (unpaired) electrons. The first-order valence-electron chi connectivity index (χ1n) is 5.66. The Hall–Kier alpha value is -1.96. The van der Waals surface area contributed by atoms with Gasteiger partial charge in [0.2, 0.25) is 11.8 Å². The topological polar surface area (TPSA) is 79.6 Å². The van der Waals surface area contributed by atoms with Crippen LogP contribution in [-0.4, -0.2) is 38.8 Å². The molecular weight excluding hydrogens is 314 g/mol. The van der Waals surface area contributed by atoms with Gasteiger partial charge in [-0.15, -0.1) is 0 Å². The first-order valence-corrected chi connectivity index (χ1v) is 6.45. The first-order chi connectivity index (χ1) is 9.06. The van der Waals surface area contributed by atoms with Gasteiger partial charge in [0.25, 0.3) is 0 Å². The second-order valence-electron chi connectivity index (χ2n) is 4.26. The summed E-state index contributed by atoms with van der Waals surface area (Å²) >= 11 is 3.31. The predicted molar refractivity (Wildman–Crippen MR) is 70.6 cm³/mol. The highest BCUT2D eigenvalue weighted by molar-refractivity contribution is 9.10. The van der Waals surface area contributed by atoms with E-state index in [0.717, 1.165) is 0 Å². The van der Waals surface area contributed by atoms with Gasteiger partial charge in [0.1, 0.15) is 10.6 Å². The Labute approximate surface area is 116 Å². The third-order valence-electron chi connectivity index (χ3n) is 3.02. The minimum Gasteiger partial charge on any atom is -0.332 e. The van der Waals surface area contributed by atoms with E-state index in [1.807, 2.05) is 0 Å². The number of nitrogens with zero attached hydrogens (tertiary/aromatic N) is 4. The number of amides is 2. The number of hydrogen-bond donors (Lipinski definition) is 1. The number of imide groups is 1. The third-order valence-corrected chi connectivity index (χ3v) is 3.40. The molecule has 0 spiro atoms. The number of aromatic nitrogens is 3. The molecule has 3 rings (SSSR count). The van der Waals surface area contributed by atoms with E-state index >= 15 is 0 Å². The van der Waals surface area contributed by atoms with E-state index in [1.54, 1.807) is 34.8 Å². The molecule has 2 amide bonds. The van der Waals surface area contributed by atoms with Crippen LogP contribution in [0.2, 0.25) is 0 Å². The van der Waals surface area contributed by atoms with Crippen LogP contribution >= 0.6 is 15.9 Å². The van der Waals surface area contributed by atoms with Gasteiger partial charge in [-0.3, -0.25) is 14.9 Å². The molecule has 1 saturated heterocycles. The lowest BCUT2D eigenvalue weighted by atomic mass is 10.2. The minimum absolute atomic E-state index is 0.0822. The lowest BCUT2D eigenvalue weighted by molar-refractivity contribution is -0.132. The van der Waals surface area contributed by atoms with Crippen molar-refractivity contribution in [3.63, 3.8) is 0 Å². The van der Waals surface area contributed by atoms with Crippen molar-refractivity contribution in [3.8, 4) is 0 Å². The number of carbonyl (C=O) groups is 2. The number of hydrogen-bond acceptors (Lipinski definition) is 5. The zero-order valence-electron chi connectivity index (χ0n) is 10.00. The molecule has 19 heavy (non-hydrogen) atoms. The molecule has 1 atom stereocenters. The number of fused-ring (bicyclic) bond motifs is 1. The Morgan fingerprint density at radius 3 is 3.05 bits per heavy atom.